The van der Waals surface area contributed by atoms with Crippen LogP contribution in [0, 0.1) is 5.82 Å². The number of amides is 1. The number of benzene rings is 2. The van der Waals surface area contributed by atoms with Crippen LogP contribution in [0.5, 0.6) is 0 Å². The van der Waals surface area contributed by atoms with Crippen LogP contribution in [-0.4, -0.2) is 15.7 Å². The molecule has 1 heterocycles. The molecule has 1 amide bonds. The Hall–Kier alpha value is -2.66. The van der Waals surface area contributed by atoms with E-state index in [-0.39, 0.29) is 11.7 Å². The van der Waals surface area contributed by atoms with Crippen LogP contribution in [0.4, 0.5) is 10.2 Å². The van der Waals surface area contributed by atoms with E-state index >= 15 is 0 Å². The zero-order chi connectivity index (χ0) is 16.2. The first-order valence-corrected chi connectivity index (χ1v) is 7.33. The second-order valence-corrected chi connectivity index (χ2v) is 5.33. The van der Waals surface area contributed by atoms with E-state index in [0.29, 0.717) is 22.9 Å². The van der Waals surface area contributed by atoms with Gasteiger partial charge in [0.15, 0.2) is 0 Å². The summed E-state index contributed by atoms with van der Waals surface area (Å²) in [6.45, 7) is 0.436. The predicted octanol–water partition coefficient (Wildman–Crippen LogP) is 3.98. The Bertz CT molecular complexity index is 830. The third-order valence-corrected chi connectivity index (χ3v) is 3.71. The number of nitrogens with zero attached hydrogens (tertiary/aromatic N) is 2. The number of hydrogen-bond donors (Lipinski definition) is 1. The highest BCUT2D eigenvalue weighted by Gasteiger charge is 2.11. The molecule has 116 valence electrons. The minimum atomic E-state index is -0.384. The molecule has 1 aromatic heterocycles. The summed E-state index contributed by atoms with van der Waals surface area (Å²) in [4.78, 5) is 12.2. The Kier molecular flexibility index (Phi) is 4.39. The van der Waals surface area contributed by atoms with Crippen molar-refractivity contribution in [1.82, 2.24) is 9.78 Å². The molecule has 0 atom stereocenters. The molecule has 23 heavy (non-hydrogen) atoms. The maximum absolute atomic E-state index is 12.9. The average Bonchev–Trinajstić information content (AvgIpc) is 2.97. The summed E-state index contributed by atoms with van der Waals surface area (Å²) in [5, 5.41) is 7.60. The van der Waals surface area contributed by atoms with E-state index < -0.39 is 0 Å². The Morgan fingerprint density at radius 3 is 2.61 bits per heavy atom. The number of carbonyl (C=O) groups excluding carboxylic acids is 1. The van der Waals surface area contributed by atoms with E-state index in [4.69, 9.17) is 11.6 Å². The fraction of sp³-hybridized carbons (Fsp3) is 0.0588. The molecule has 4 nitrogen and oxygen atoms in total. The van der Waals surface area contributed by atoms with Crippen molar-refractivity contribution in [3.8, 4) is 0 Å². The second kappa shape index (κ2) is 6.62. The quantitative estimate of drug-likeness (QED) is 0.787. The normalized spacial score (nSPS) is 10.5. The van der Waals surface area contributed by atoms with Crippen molar-refractivity contribution in [2.45, 2.75) is 6.54 Å². The maximum Gasteiger partial charge on any atom is 0.256 e. The molecule has 0 radical (unpaired) electrons. The van der Waals surface area contributed by atoms with Crippen LogP contribution >= 0.6 is 11.6 Å². The second-order valence-electron chi connectivity index (χ2n) is 4.93. The molecule has 3 aromatic rings. The Balaban J connectivity index is 1.77. The minimum Gasteiger partial charge on any atom is -0.307 e. The number of aromatic nitrogens is 2. The highest BCUT2D eigenvalue weighted by molar-refractivity contribution is 6.31. The molecule has 0 saturated heterocycles. The predicted molar refractivity (Wildman–Crippen MR) is 87.1 cm³/mol. The molecule has 6 heteroatoms. The fourth-order valence-corrected chi connectivity index (χ4v) is 2.34. The van der Waals surface area contributed by atoms with Crippen LogP contribution < -0.4 is 5.32 Å². The lowest BCUT2D eigenvalue weighted by atomic mass is 10.2. The van der Waals surface area contributed by atoms with Gasteiger partial charge in [0.2, 0.25) is 0 Å². The SMILES string of the molecule is O=C(Nc1ccnn1Cc1ccccc1Cl)c1ccc(F)cc1. The summed E-state index contributed by atoms with van der Waals surface area (Å²) >= 11 is 6.15. The summed E-state index contributed by atoms with van der Waals surface area (Å²) in [7, 11) is 0. The number of halogens is 2. The number of anilines is 1. The van der Waals surface area contributed by atoms with Gasteiger partial charge in [0.1, 0.15) is 11.6 Å². The number of carbonyl (C=O) groups is 1. The van der Waals surface area contributed by atoms with Crippen molar-refractivity contribution >= 4 is 23.3 Å². The van der Waals surface area contributed by atoms with Gasteiger partial charge in [0.05, 0.1) is 12.7 Å². The molecule has 0 saturated carbocycles. The third-order valence-electron chi connectivity index (χ3n) is 3.34. The lowest BCUT2D eigenvalue weighted by molar-refractivity contribution is 0.102. The van der Waals surface area contributed by atoms with Crippen LogP contribution in [0.3, 0.4) is 0 Å². The molecule has 0 bridgehead atoms. The Morgan fingerprint density at radius 2 is 1.87 bits per heavy atom. The van der Waals surface area contributed by atoms with Crippen molar-refractivity contribution in [2.24, 2.45) is 0 Å². The van der Waals surface area contributed by atoms with E-state index in [2.05, 4.69) is 10.4 Å². The van der Waals surface area contributed by atoms with Crippen LogP contribution in [0.1, 0.15) is 15.9 Å². The van der Waals surface area contributed by atoms with E-state index in [1.54, 1.807) is 23.0 Å². The largest absolute Gasteiger partial charge is 0.307 e. The first kappa shape index (κ1) is 15.2. The summed E-state index contributed by atoms with van der Waals surface area (Å²) in [5.74, 6) is -0.171. The zero-order valence-electron chi connectivity index (χ0n) is 12.0. The lowest BCUT2D eigenvalue weighted by Crippen LogP contribution is -2.16. The Morgan fingerprint density at radius 1 is 1.13 bits per heavy atom. The molecule has 0 aliphatic rings. The molecule has 2 aromatic carbocycles. The van der Waals surface area contributed by atoms with Crippen LogP contribution in [0.2, 0.25) is 5.02 Å². The highest BCUT2D eigenvalue weighted by atomic mass is 35.5. The van der Waals surface area contributed by atoms with Crippen molar-refractivity contribution < 1.29 is 9.18 Å². The monoisotopic (exact) mass is 329 g/mol. The fourth-order valence-electron chi connectivity index (χ4n) is 2.14. The van der Waals surface area contributed by atoms with Crippen LogP contribution in [-0.2, 0) is 6.54 Å². The van der Waals surface area contributed by atoms with Crippen molar-refractivity contribution in [3.05, 3.63) is 82.8 Å². The van der Waals surface area contributed by atoms with Gasteiger partial charge in [-0.2, -0.15) is 5.10 Å². The van der Waals surface area contributed by atoms with Gasteiger partial charge >= 0.3 is 0 Å². The zero-order valence-corrected chi connectivity index (χ0v) is 12.8. The average molecular weight is 330 g/mol. The standard InChI is InChI=1S/C17H13ClFN3O/c18-15-4-2-1-3-13(15)11-22-16(9-10-20-22)21-17(23)12-5-7-14(19)8-6-12/h1-10H,11H2,(H,21,23). The van der Waals surface area contributed by atoms with Crippen LogP contribution in [0.25, 0.3) is 0 Å². The van der Waals surface area contributed by atoms with Gasteiger partial charge in [-0.1, -0.05) is 29.8 Å². The molecule has 0 fully saturated rings. The van der Waals surface area contributed by atoms with Gasteiger partial charge in [-0.15, -0.1) is 0 Å². The molecular formula is C17H13ClFN3O. The van der Waals surface area contributed by atoms with Gasteiger partial charge in [0, 0.05) is 16.7 Å². The molecule has 0 spiro atoms. The van der Waals surface area contributed by atoms with Gasteiger partial charge in [0.25, 0.3) is 5.91 Å². The van der Waals surface area contributed by atoms with Gasteiger partial charge in [-0.25, -0.2) is 9.07 Å². The minimum absolute atomic E-state index is 0.328. The number of rotatable bonds is 4. The van der Waals surface area contributed by atoms with Crippen LogP contribution in [0.15, 0.2) is 60.8 Å². The lowest BCUT2D eigenvalue weighted by Gasteiger charge is -2.10. The molecule has 0 aliphatic heterocycles. The van der Waals surface area contributed by atoms with Gasteiger partial charge in [-0.05, 0) is 35.9 Å². The molecule has 0 aliphatic carbocycles. The summed E-state index contributed by atoms with van der Waals surface area (Å²) in [6, 6.07) is 14.5. The summed E-state index contributed by atoms with van der Waals surface area (Å²) in [6.07, 6.45) is 1.59. The topological polar surface area (TPSA) is 46.9 Å². The third kappa shape index (κ3) is 3.57. The molecule has 3 rings (SSSR count). The summed E-state index contributed by atoms with van der Waals surface area (Å²) in [5.41, 5.74) is 1.27. The number of hydrogen-bond acceptors (Lipinski definition) is 2. The summed E-state index contributed by atoms with van der Waals surface area (Å²) < 4.78 is 14.6. The van der Waals surface area contributed by atoms with Crippen molar-refractivity contribution in [1.29, 1.82) is 0 Å². The smallest absolute Gasteiger partial charge is 0.256 e. The molecular weight excluding hydrogens is 317 g/mol. The van der Waals surface area contributed by atoms with E-state index in [1.165, 1.54) is 24.3 Å². The van der Waals surface area contributed by atoms with E-state index in [9.17, 15) is 9.18 Å². The molecule has 0 unspecified atom stereocenters. The Labute approximate surface area is 137 Å². The van der Waals surface area contributed by atoms with E-state index in [0.717, 1.165) is 5.56 Å². The maximum atomic E-state index is 12.9. The van der Waals surface area contributed by atoms with Gasteiger partial charge < -0.3 is 5.32 Å². The number of nitrogens with one attached hydrogen (secondary N) is 1. The van der Waals surface area contributed by atoms with Crippen molar-refractivity contribution in [3.63, 3.8) is 0 Å². The highest BCUT2D eigenvalue weighted by Crippen LogP contribution is 2.18. The van der Waals surface area contributed by atoms with E-state index in [1.807, 2.05) is 18.2 Å². The first-order valence-electron chi connectivity index (χ1n) is 6.95. The van der Waals surface area contributed by atoms with Gasteiger partial charge in [-0.3, -0.25) is 4.79 Å². The van der Waals surface area contributed by atoms with Crippen molar-refractivity contribution in [2.75, 3.05) is 5.32 Å². The first-order chi connectivity index (χ1) is 11.1. The molecule has 1 N–H and O–H groups in total.